The molecule has 2 aromatic heterocycles. The zero-order chi connectivity index (χ0) is 10.5. The van der Waals surface area contributed by atoms with Crippen molar-refractivity contribution < 1.29 is 4.74 Å². The molecule has 0 atom stereocenters. The molecule has 2 heterocycles. The average molecular weight is 268 g/mol. The maximum absolute atomic E-state index is 5.52. The molecule has 0 fully saturated rings. The van der Waals surface area contributed by atoms with Crippen LogP contribution in [-0.2, 0) is 6.54 Å². The highest BCUT2D eigenvalue weighted by Crippen LogP contribution is 2.15. The number of aromatic nitrogens is 3. The van der Waals surface area contributed by atoms with Crippen molar-refractivity contribution in [1.29, 1.82) is 0 Å². The van der Waals surface area contributed by atoms with E-state index in [9.17, 15) is 0 Å². The molecule has 0 bridgehead atoms. The number of ether oxygens (including phenoxy) is 1. The molecule has 0 radical (unpaired) electrons. The van der Waals surface area contributed by atoms with Gasteiger partial charge in [0, 0.05) is 23.1 Å². The van der Waals surface area contributed by atoms with Crippen LogP contribution in [0.2, 0.25) is 0 Å². The molecule has 0 saturated heterocycles. The highest BCUT2D eigenvalue weighted by atomic mass is 79.9. The van der Waals surface area contributed by atoms with E-state index in [2.05, 4.69) is 25.9 Å². The van der Waals surface area contributed by atoms with Crippen LogP contribution in [0.4, 0.5) is 0 Å². The third kappa shape index (κ3) is 3.06. The highest BCUT2D eigenvalue weighted by Gasteiger charge is 1.95. The summed E-state index contributed by atoms with van der Waals surface area (Å²) in [6, 6.07) is 1.89. The van der Waals surface area contributed by atoms with Gasteiger partial charge < -0.3 is 9.30 Å². The Morgan fingerprint density at radius 1 is 1.33 bits per heavy atom. The first-order valence-electron chi connectivity index (χ1n) is 4.54. The lowest BCUT2D eigenvalue weighted by atomic mass is 10.5. The summed E-state index contributed by atoms with van der Waals surface area (Å²) >= 11 is 3.34. The molecule has 0 aliphatic carbocycles. The van der Waals surface area contributed by atoms with E-state index in [-0.39, 0.29) is 0 Å². The molecule has 0 amide bonds. The molecule has 2 aromatic rings. The predicted molar refractivity (Wildman–Crippen MR) is 59.7 cm³/mol. The first kappa shape index (κ1) is 10.2. The van der Waals surface area contributed by atoms with Crippen molar-refractivity contribution >= 4 is 15.9 Å². The van der Waals surface area contributed by atoms with E-state index in [1.165, 1.54) is 0 Å². The molecule has 0 unspecified atom stereocenters. The molecule has 0 aromatic carbocycles. The molecule has 0 spiro atoms. The number of hydrogen-bond acceptors (Lipinski definition) is 3. The van der Waals surface area contributed by atoms with Crippen LogP contribution in [0.1, 0.15) is 0 Å². The molecular weight excluding hydrogens is 258 g/mol. The Kier molecular flexibility index (Phi) is 3.34. The molecule has 2 rings (SSSR count). The van der Waals surface area contributed by atoms with Gasteiger partial charge in [0.25, 0.3) is 0 Å². The van der Waals surface area contributed by atoms with Gasteiger partial charge in [0.1, 0.15) is 12.4 Å². The Balaban J connectivity index is 1.83. The van der Waals surface area contributed by atoms with Crippen molar-refractivity contribution in [3.05, 3.63) is 41.7 Å². The zero-order valence-corrected chi connectivity index (χ0v) is 9.59. The normalized spacial score (nSPS) is 10.2. The second kappa shape index (κ2) is 4.93. The highest BCUT2D eigenvalue weighted by molar-refractivity contribution is 9.10. The first-order valence-corrected chi connectivity index (χ1v) is 5.33. The third-order valence-electron chi connectivity index (χ3n) is 1.86. The molecule has 0 N–H and O–H groups in total. The van der Waals surface area contributed by atoms with Gasteiger partial charge in [-0.3, -0.25) is 4.98 Å². The van der Waals surface area contributed by atoms with Crippen LogP contribution in [0.3, 0.4) is 0 Å². The minimum Gasteiger partial charge on any atom is -0.490 e. The van der Waals surface area contributed by atoms with E-state index < -0.39 is 0 Å². The van der Waals surface area contributed by atoms with Crippen LogP contribution in [0, 0.1) is 0 Å². The van der Waals surface area contributed by atoms with Gasteiger partial charge in [-0.2, -0.15) is 0 Å². The number of imidazole rings is 1. The van der Waals surface area contributed by atoms with E-state index in [4.69, 9.17) is 4.74 Å². The summed E-state index contributed by atoms with van der Waals surface area (Å²) in [5.74, 6) is 0.768. The lowest BCUT2D eigenvalue weighted by Crippen LogP contribution is -2.06. The van der Waals surface area contributed by atoms with Crippen molar-refractivity contribution in [3.8, 4) is 5.75 Å². The van der Waals surface area contributed by atoms with E-state index in [1.807, 2.05) is 16.8 Å². The van der Waals surface area contributed by atoms with Crippen LogP contribution in [0.25, 0.3) is 0 Å². The Morgan fingerprint density at radius 2 is 2.27 bits per heavy atom. The summed E-state index contributed by atoms with van der Waals surface area (Å²) in [6.07, 6.45) is 8.84. The molecular formula is C10H10BrN3O. The Bertz CT molecular complexity index is 416. The van der Waals surface area contributed by atoms with Gasteiger partial charge in [0.2, 0.25) is 0 Å². The zero-order valence-electron chi connectivity index (χ0n) is 8.01. The summed E-state index contributed by atoms with van der Waals surface area (Å²) in [5, 5.41) is 0. The number of halogens is 1. The number of pyridine rings is 1. The quantitative estimate of drug-likeness (QED) is 0.852. The van der Waals surface area contributed by atoms with Crippen molar-refractivity contribution in [1.82, 2.24) is 14.5 Å². The van der Waals surface area contributed by atoms with Crippen LogP contribution in [0.15, 0.2) is 41.7 Å². The molecule has 0 aliphatic rings. The largest absolute Gasteiger partial charge is 0.490 e. The molecule has 5 heteroatoms. The lowest BCUT2D eigenvalue weighted by Gasteiger charge is -2.06. The molecule has 15 heavy (non-hydrogen) atoms. The molecule has 78 valence electrons. The minimum absolute atomic E-state index is 0.606. The van der Waals surface area contributed by atoms with Gasteiger partial charge in [0.15, 0.2) is 0 Å². The van der Waals surface area contributed by atoms with Crippen LogP contribution < -0.4 is 4.74 Å². The molecule has 0 saturated carbocycles. The van der Waals surface area contributed by atoms with Crippen molar-refractivity contribution in [2.75, 3.05) is 6.61 Å². The second-order valence-corrected chi connectivity index (χ2v) is 3.90. The first-order chi connectivity index (χ1) is 7.34. The van der Waals surface area contributed by atoms with Gasteiger partial charge in [-0.15, -0.1) is 0 Å². The standard InChI is InChI=1S/C10H10BrN3O/c11-9-5-10(7-13-6-9)15-4-3-14-2-1-12-8-14/h1-2,5-8H,3-4H2. The van der Waals surface area contributed by atoms with Crippen LogP contribution in [0.5, 0.6) is 5.75 Å². The Hall–Kier alpha value is -1.36. The smallest absolute Gasteiger partial charge is 0.138 e. The van der Waals surface area contributed by atoms with Gasteiger partial charge >= 0.3 is 0 Å². The fourth-order valence-electron chi connectivity index (χ4n) is 1.16. The molecule has 0 aliphatic heterocycles. The van der Waals surface area contributed by atoms with Crippen molar-refractivity contribution in [2.24, 2.45) is 0 Å². The monoisotopic (exact) mass is 267 g/mol. The third-order valence-corrected chi connectivity index (χ3v) is 2.29. The second-order valence-electron chi connectivity index (χ2n) is 2.99. The minimum atomic E-state index is 0.606. The molecule has 4 nitrogen and oxygen atoms in total. The number of hydrogen-bond donors (Lipinski definition) is 0. The summed E-state index contributed by atoms with van der Waals surface area (Å²) in [5.41, 5.74) is 0. The Morgan fingerprint density at radius 3 is 3.00 bits per heavy atom. The predicted octanol–water partition coefficient (Wildman–Crippen LogP) is 2.12. The maximum atomic E-state index is 5.52. The SMILES string of the molecule is Brc1cncc(OCCn2ccnc2)c1. The van der Waals surface area contributed by atoms with Gasteiger partial charge in [-0.25, -0.2) is 4.98 Å². The van der Waals surface area contributed by atoms with E-state index >= 15 is 0 Å². The number of rotatable bonds is 4. The van der Waals surface area contributed by atoms with Gasteiger partial charge in [0.05, 0.1) is 19.1 Å². The van der Waals surface area contributed by atoms with Gasteiger partial charge in [-0.1, -0.05) is 0 Å². The van der Waals surface area contributed by atoms with E-state index in [1.54, 1.807) is 24.9 Å². The Labute approximate surface area is 96.1 Å². The van der Waals surface area contributed by atoms with Gasteiger partial charge in [-0.05, 0) is 22.0 Å². The van der Waals surface area contributed by atoms with E-state index in [0.29, 0.717) is 6.61 Å². The summed E-state index contributed by atoms with van der Waals surface area (Å²) in [7, 11) is 0. The fourth-order valence-corrected chi connectivity index (χ4v) is 1.50. The van der Waals surface area contributed by atoms with Crippen molar-refractivity contribution in [2.45, 2.75) is 6.54 Å². The number of nitrogens with zero attached hydrogens (tertiary/aromatic N) is 3. The van der Waals surface area contributed by atoms with Crippen LogP contribution in [-0.4, -0.2) is 21.1 Å². The summed E-state index contributed by atoms with van der Waals surface area (Å²) in [4.78, 5) is 7.96. The maximum Gasteiger partial charge on any atom is 0.138 e. The topological polar surface area (TPSA) is 39.9 Å². The lowest BCUT2D eigenvalue weighted by molar-refractivity contribution is 0.297. The van der Waals surface area contributed by atoms with Crippen LogP contribution >= 0.6 is 15.9 Å². The average Bonchev–Trinajstić information content (AvgIpc) is 2.71. The summed E-state index contributed by atoms with van der Waals surface area (Å²) in [6.45, 7) is 1.39. The van der Waals surface area contributed by atoms with Crippen molar-refractivity contribution in [3.63, 3.8) is 0 Å². The van der Waals surface area contributed by atoms with E-state index in [0.717, 1.165) is 16.8 Å². The summed E-state index contributed by atoms with van der Waals surface area (Å²) < 4.78 is 8.40. The fraction of sp³-hybridized carbons (Fsp3) is 0.200.